The molecule has 1 atom stereocenters. The van der Waals surface area contributed by atoms with E-state index in [2.05, 4.69) is 41.2 Å². The van der Waals surface area contributed by atoms with Crippen LogP contribution in [-0.4, -0.2) is 41.4 Å². The number of aliphatic hydroxyl groups excluding tert-OH is 1. The van der Waals surface area contributed by atoms with Gasteiger partial charge in [0, 0.05) is 30.9 Å². The lowest BCUT2D eigenvalue weighted by molar-refractivity contribution is 0.220. The maximum absolute atomic E-state index is 9.39. The third-order valence-electron chi connectivity index (χ3n) is 4.62. The van der Waals surface area contributed by atoms with Crippen molar-refractivity contribution >= 4 is 5.82 Å². The number of nitrogens with zero attached hydrogens (tertiary/aromatic N) is 2. The smallest absolute Gasteiger partial charge is 0.128 e. The van der Waals surface area contributed by atoms with Gasteiger partial charge < -0.3 is 15.3 Å². The van der Waals surface area contributed by atoms with Crippen molar-refractivity contribution in [2.45, 2.75) is 50.6 Å². The Morgan fingerprint density at radius 3 is 2.80 bits per heavy atom. The minimum absolute atomic E-state index is 0.0373. The van der Waals surface area contributed by atoms with Gasteiger partial charge >= 0.3 is 0 Å². The number of aliphatic hydroxyl groups is 1. The number of rotatable bonds is 5. The second-order valence-electron chi connectivity index (χ2n) is 6.62. The first-order valence-corrected chi connectivity index (χ1v) is 7.71. The van der Waals surface area contributed by atoms with E-state index in [-0.39, 0.29) is 12.1 Å². The molecule has 20 heavy (non-hydrogen) atoms. The molecular formula is C16H25N3O. The van der Waals surface area contributed by atoms with E-state index in [1.54, 1.807) is 0 Å². The van der Waals surface area contributed by atoms with Gasteiger partial charge in [0.05, 0.1) is 6.61 Å². The van der Waals surface area contributed by atoms with Gasteiger partial charge in [-0.15, -0.1) is 0 Å². The van der Waals surface area contributed by atoms with Crippen molar-refractivity contribution < 1.29 is 5.11 Å². The third kappa shape index (κ3) is 2.81. The van der Waals surface area contributed by atoms with Gasteiger partial charge in [-0.05, 0) is 36.8 Å². The predicted octanol–water partition coefficient (Wildman–Crippen LogP) is 1.90. The molecule has 1 aliphatic carbocycles. The first-order valence-electron chi connectivity index (χ1n) is 7.71. The Morgan fingerprint density at radius 1 is 1.45 bits per heavy atom. The van der Waals surface area contributed by atoms with Crippen LogP contribution >= 0.6 is 0 Å². The van der Waals surface area contributed by atoms with Gasteiger partial charge in [-0.2, -0.15) is 0 Å². The van der Waals surface area contributed by atoms with Gasteiger partial charge in [0.1, 0.15) is 5.82 Å². The molecule has 4 nitrogen and oxygen atoms in total. The van der Waals surface area contributed by atoms with Crippen LogP contribution in [0.15, 0.2) is 18.3 Å². The van der Waals surface area contributed by atoms with Crippen LogP contribution < -0.4 is 10.2 Å². The minimum Gasteiger partial charge on any atom is -0.394 e. The van der Waals surface area contributed by atoms with Crippen LogP contribution in [0.5, 0.6) is 0 Å². The molecule has 4 heteroatoms. The quantitative estimate of drug-likeness (QED) is 0.861. The third-order valence-corrected chi connectivity index (χ3v) is 4.62. The van der Waals surface area contributed by atoms with Crippen LogP contribution in [0.2, 0.25) is 0 Å². The van der Waals surface area contributed by atoms with Gasteiger partial charge in [0.2, 0.25) is 0 Å². The molecule has 1 unspecified atom stereocenters. The van der Waals surface area contributed by atoms with Gasteiger partial charge in [-0.25, -0.2) is 4.98 Å². The molecule has 0 aromatic carbocycles. The van der Waals surface area contributed by atoms with Gasteiger partial charge in [0.25, 0.3) is 0 Å². The zero-order valence-corrected chi connectivity index (χ0v) is 12.5. The van der Waals surface area contributed by atoms with E-state index in [1.165, 1.54) is 5.56 Å². The second-order valence-corrected chi connectivity index (χ2v) is 6.62. The van der Waals surface area contributed by atoms with Crippen LogP contribution in [0.3, 0.4) is 0 Å². The van der Waals surface area contributed by atoms with Crippen molar-refractivity contribution in [1.29, 1.82) is 0 Å². The Morgan fingerprint density at radius 2 is 2.25 bits per heavy atom. The van der Waals surface area contributed by atoms with Crippen molar-refractivity contribution in [1.82, 2.24) is 10.3 Å². The van der Waals surface area contributed by atoms with E-state index >= 15 is 0 Å². The van der Waals surface area contributed by atoms with E-state index in [9.17, 15) is 5.11 Å². The monoisotopic (exact) mass is 275 g/mol. The topological polar surface area (TPSA) is 48.4 Å². The first-order chi connectivity index (χ1) is 9.62. The average molecular weight is 275 g/mol. The fraction of sp³-hybridized carbons (Fsp3) is 0.688. The molecule has 1 aromatic heterocycles. The molecule has 0 amide bonds. The Bertz CT molecular complexity index is 453. The zero-order valence-electron chi connectivity index (χ0n) is 12.5. The number of hydrogen-bond acceptors (Lipinski definition) is 4. The molecule has 1 saturated carbocycles. The Balaban J connectivity index is 1.59. The fourth-order valence-electron chi connectivity index (χ4n) is 2.94. The number of aromatic nitrogens is 1. The molecule has 110 valence electrons. The molecule has 1 saturated heterocycles. The molecule has 1 aromatic rings. The molecule has 2 heterocycles. The highest BCUT2D eigenvalue weighted by Gasteiger charge is 2.44. The lowest BCUT2D eigenvalue weighted by Crippen LogP contribution is -2.44. The summed E-state index contributed by atoms with van der Waals surface area (Å²) >= 11 is 0. The van der Waals surface area contributed by atoms with E-state index in [0.29, 0.717) is 12.0 Å². The maximum atomic E-state index is 9.39. The second kappa shape index (κ2) is 5.34. The Hall–Kier alpha value is -1.13. The van der Waals surface area contributed by atoms with Crippen molar-refractivity contribution in [2.24, 2.45) is 0 Å². The van der Waals surface area contributed by atoms with Gasteiger partial charge in [-0.1, -0.05) is 19.9 Å². The summed E-state index contributed by atoms with van der Waals surface area (Å²) in [5.41, 5.74) is 1.33. The highest BCUT2D eigenvalue weighted by atomic mass is 16.3. The summed E-state index contributed by atoms with van der Waals surface area (Å²) in [5.74, 6) is 1.61. The largest absolute Gasteiger partial charge is 0.394 e. The lowest BCUT2D eigenvalue weighted by atomic mass is 10.1. The highest BCUT2D eigenvalue weighted by molar-refractivity contribution is 5.41. The Kier molecular flexibility index (Phi) is 3.69. The molecular weight excluding hydrogens is 250 g/mol. The van der Waals surface area contributed by atoms with E-state index in [4.69, 9.17) is 0 Å². The van der Waals surface area contributed by atoms with Gasteiger partial charge in [-0.3, -0.25) is 0 Å². The van der Waals surface area contributed by atoms with Crippen molar-refractivity contribution in [3.8, 4) is 0 Å². The predicted molar refractivity (Wildman–Crippen MR) is 81.1 cm³/mol. The fourth-order valence-corrected chi connectivity index (χ4v) is 2.94. The molecule has 2 N–H and O–H groups in total. The Labute approximate surface area is 121 Å². The number of anilines is 1. The molecule has 0 bridgehead atoms. The summed E-state index contributed by atoms with van der Waals surface area (Å²) in [6.45, 7) is 6.70. The minimum atomic E-state index is 0.0373. The summed E-state index contributed by atoms with van der Waals surface area (Å²) in [5, 5.41) is 13.0. The number of pyridine rings is 1. The summed E-state index contributed by atoms with van der Waals surface area (Å²) in [6.07, 6.45) is 5.36. The summed E-state index contributed by atoms with van der Waals surface area (Å²) in [4.78, 5) is 6.94. The molecule has 0 spiro atoms. The summed E-state index contributed by atoms with van der Waals surface area (Å²) < 4.78 is 0. The SMILES string of the molecule is CC(C)c1ccc(N2CCC(NC3(CO)CC3)C2)nc1. The summed E-state index contributed by atoms with van der Waals surface area (Å²) in [7, 11) is 0. The van der Waals surface area contributed by atoms with E-state index < -0.39 is 0 Å². The van der Waals surface area contributed by atoms with Crippen LogP contribution in [0, 0.1) is 0 Å². The normalized spacial score (nSPS) is 24.4. The van der Waals surface area contributed by atoms with Crippen molar-refractivity contribution in [2.75, 3.05) is 24.6 Å². The number of hydrogen-bond donors (Lipinski definition) is 2. The first kappa shape index (κ1) is 13.8. The highest BCUT2D eigenvalue weighted by Crippen LogP contribution is 2.36. The van der Waals surface area contributed by atoms with Crippen molar-refractivity contribution in [3.05, 3.63) is 23.9 Å². The van der Waals surface area contributed by atoms with E-state index in [0.717, 1.165) is 38.2 Å². The van der Waals surface area contributed by atoms with E-state index in [1.807, 2.05) is 6.20 Å². The van der Waals surface area contributed by atoms with Crippen LogP contribution in [0.4, 0.5) is 5.82 Å². The maximum Gasteiger partial charge on any atom is 0.128 e. The standard InChI is InChI=1S/C16H25N3O/c1-12(2)13-3-4-15(17-9-13)19-8-5-14(10-19)18-16(11-20)6-7-16/h3-4,9,12,14,18,20H,5-8,10-11H2,1-2H3. The van der Waals surface area contributed by atoms with Crippen LogP contribution in [-0.2, 0) is 0 Å². The molecule has 2 fully saturated rings. The lowest BCUT2D eigenvalue weighted by Gasteiger charge is -2.22. The molecule has 2 aliphatic rings. The summed E-state index contributed by atoms with van der Waals surface area (Å²) in [6, 6.07) is 4.80. The van der Waals surface area contributed by atoms with Crippen molar-refractivity contribution in [3.63, 3.8) is 0 Å². The molecule has 3 rings (SSSR count). The average Bonchev–Trinajstić information content (AvgIpc) is 3.08. The molecule has 0 radical (unpaired) electrons. The molecule has 1 aliphatic heterocycles. The van der Waals surface area contributed by atoms with Crippen LogP contribution in [0.1, 0.15) is 44.6 Å². The zero-order chi connectivity index (χ0) is 14.2. The number of nitrogens with one attached hydrogen (secondary N) is 1. The van der Waals surface area contributed by atoms with Crippen LogP contribution in [0.25, 0.3) is 0 Å². The van der Waals surface area contributed by atoms with Gasteiger partial charge in [0.15, 0.2) is 0 Å².